The number of anilines is 1. The van der Waals surface area contributed by atoms with Gasteiger partial charge in [-0.2, -0.15) is 0 Å². The van der Waals surface area contributed by atoms with Gasteiger partial charge in [0.1, 0.15) is 5.69 Å². The van der Waals surface area contributed by atoms with Gasteiger partial charge in [-0.15, -0.1) is 0 Å². The molecule has 2 N–H and O–H groups in total. The van der Waals surface area contributed by atoms with Crippen molar-refractivity contribution >= 4 is 5.95 Å². The Labute approximate surface area is 129 Å². The Hall–Kier alpha value is -3.03. The van der Waals surface area contributed by atoms with Gasteiger partial charge in [-0.1, -0.05) is 0 Å². The topological polar surface area (TPSA) is 86.9 Å². The third-order valence-electron chi connectivity index (χ3n) is 3.20. The summed E-state index contributed by atoms with van der Waals surface area (Å²) in [7, 11) is 0. The second kappa shape index (κ2) is 5.99. The summed E-state index contributed by atoms with van der Waals surface area (Å²) < 4.78 is 31.1. The lowest BCUT2D eigenvalue weighted by Crippen LogP contribution is -2.22. The van der Waals surface area contributed by atoms with Crippen molar-refractivity contribution in [1.82, 2.24) is 14.5 Å². The summed E-state index contributed by atoms with van der Waals surface area (Å²) in [6, 6.07) is 6.19. The van der Waals surface area contributed by atoms with Crippen LogP contribution in [0.15, 0.2) is 52.1 Å². The van der Waals surface area contributed by atoms with Crippen LogP contribution in [0.4, 0.5) is 14.7 Å². The fraction of sp³-hybridized carbons (Fsp3) is 0.133. The van der Waals surface area contributed by atoms with Gasteiger partial charge < -0.3 is 14.7 Å². The zero-order chi connectivity index (χ0) is 16.4. The van der Waals surface area contributed by atoms with Gasteiger partial charge in [0.05, 0.1) is 12.8 Å². The lowest BCUT2D eigenvalue weighted by Gasteiger charge is -2.09. The van der Waals surface area contributed by atoms with E-state index in [-0.39, 0.29) is 5.95 Å². The molecule has 0 aromatic carbocycles. The van der Waals surface area contributed by atoms with Crippen LogP contribution in [0.1, 0.15) is 0 Å². The van der Waals surface area contributed by atoms with E-state index in [4.69, 9.17) is 10.2 Å². The number of hydrogen-bond donors (Lipinski definition) is 1. The number of nitrogens with two attached hydrogens (primary N) is 1. The van der Waals surface area contributed by atoms with Crippen LogP contribution >= 0.6 is 0 Å². The second-order valence-electron chi connectivity index (χ2n) is 4.76. The Bertz CT molecular complexity index is 875. The summed E-state index contributed by atoms with van der Waals surface area (Å²) in [6.07, 6.45) is 1.66. The molecule has 3 aromatic rings. The molecular weight excluding hydrogens is 306 g/mol. The Morgan fingerprint density at radius 1 is 1.35 bits per heavy atom. The van der Waals surface area contributed by atoms with Crippen LogP contribution in [0, 0.1) is 0 Å². The Morgan fingerprint density at radius 3 is 2.83 bits per heavy atom. The molecule has 0 amide bonds. The molecule has 0 radical (unpaired) electrons. The molecular formula is C15H12F2N4O2. The van der Waals surface area contributed by atoms with E-state index >= 15 is 0 Å². The van der Waals surface area contributed by atoms with Gasteiger partial charge in [-0.3, -0.25) is 4.79 Å². The SMILES string of the molecule is Nc1ncc(-c2ccn(CC(F)F)c(=O)c2)c(-c2ccco2)n1. The minimum atomic E-state index is -2.60. The largest absolute Gasteiger partial charge is 0.463 e. The highest BCUT2D eigenvalue weighted by atomic mass is 19.3. The van der Waals surface area contributed by atoms with Gasteiger partial charge in [-0.25, -0.2) is 18.7 Å². The van der Waals surface area contributed by atoms with Crippen molar-refractivity contribution in [2.24, 2.45) is 0 Å². The normalized spacial score (nSPS) is 11.1. The number of aromatic nitrogens is 3. The zero-order valence-corrected chi connectivity index (χ0v) is 11.8. The van der Waals surface area contributed by atoms with Crippen molar-refractivity contribution in [1.29, 1.82) is 0 Å². The molecule has 3 aromatic heterocycles. The van der Waals surface area contributed by atoms with Crippen molar-refractivity contribution in [3.05, 3.63) is 53.3 Å². The smallest absolute Gasteiger partial charge is 0.256 e. The summed E-state index contributed by atoms with van der Waals surface area (Å²) >= 11 is 0. The summed E-state index contributed by atoms with van der Waals surface area (Å²) in [5, 5.41) is 0. The molecule has 3 heterocycles. The zero-order valence-electron chi connectivity index (χ0n) is 11.8. The van der Waals surface area contributed by atoms with Crippen LogP contribution < -0.4 is 11.3 Å². The first-order valence-electron chi connectivity index (χ1n) is 6.70. The van der Waals surface area contributed by atoms with Crippen LogP contribution in [-0.2, 0) is 6.54 Å². The second-order valence-corrected chi connectivity index (χ2v) is 4.76. The lowest BCUT2D eigenvalue weighted by atomic mass is 10.1. The molecule has 0 aliphatic heterocycles. The average Bonchev–Trinajstić information content (AvgIpc) is 3.03. The summed E-state index contributed by atoms with van der Waals surface area (Å²) in [6.45, 7) is -0.650. The first-order valence-corrected chi connectivity index (χ1v) is 6.70. The number of hydrogen-bond acceptors (Lipinski definition) is 5. The van der Waals surface area contributed by atoms with Crippen molar-refractivity contribution in [2.75, 3.05) is 5.73 Å². The minimum Gasteiger partial charge on any atom is -0.463 e. The maximum Gasteiger partial charge on any atom is 0.256 e. The van der Waals surface area contributed by atoms with E-state index in [1.807, 2.05) is 0 Å². The van der Waals surface area contributed by atoms with Crippen LogP contribution in [0.25, 0.3) is 22.6 Å². The highest BCUT2D eigenvalue weighted by molar-refractivity contribution is 5.78. The van der Waals surface area contributed by atoms with Crippen molar-refractivity contribution in [2.45, 2.75) is 13.0 Å². The number of nitrogen functional groups attached to an aromatic ring is 1. The van der Waals surface area contributed by atoms with Crippen molar-refractivity contribution in [3.63, 3.8) is 0 Å². The summed E-state index contributed by atoms with van der Waals surface area (Å²) in [5.74, 6) is 0.525. The molecule has 3 rings (SSSR count). The number of nitrogens with zero attached hydrogens (tertiary/aromatic N) is 3. The Balaban J connectivity index is 2.09. The molecule has 0 aliphatic carbocycles. The number of alkyl halides is 2. The monoisotopic (exact) mass is 318 g/mol. The molecule has 23 heavy (non-hydrogen) atoms. The Morgan fingerprint density at radius 2 is 2.17 bits per heavy atom. The number of rotatable bonds is 4. The molecule has 118 valence electrons. The Kier molecular flexibility index (Phi) is 3.88. The maximum atomic E-state index is 12.4. The van der Waals surface area contributed by atoms with Gasteiger partial charge in [0.25, 0.3) is 12.0 Å². The standard InChI is InChI=1S/C15H12F2N4O2/c16-12(17)8-21-4-3-9(6-13(21)22)10-7-19-15(18)20-14(10)11-2-1-5-23-11/h1-7,12H,8H2,(H2,18,19,20). The molecule has 0 unspecified atom stereocenters. The van der Waals surface area contributed by atoms with Crippen LogP contribution in [-0.4, -0.2) is 21.0 Å². The molecule has 0 saturated heterocycles. The van der Waals surface area contributed by atoms with E-state index in [0.717, 1.165) is 4.57 Å². The molecule has 6 nitrogen and oxygen atoms in total. The molecule has 0 aliphatic rings. The third kappa shape index (κ3) is 3.10. The van der Waals surface area contributed by atoms with Crippen molar-refractivity contribution < 1.29 is 13.2 Å². The van der Waals surface area contributed by atoms with E-state index in [1.165, 1.54) is 24.7 Å². The fourth-order valence-electron chi connectivity index (χ4n) is 2.18. The predicted molar refractivity (Wildman–Crippen MR) is 79.8 cm³/mol. The maximum absolute atomic E-state index is 12.4. The van der Waals surface area contributed by atoms with E-state index in [2.05, 4.69) is 9.97 Å². The van der Waals surface area contributed by atoms with Crippen LogP contribution in [0.5, 0.6) is 0 Å². The van der Waals surface area contributed by atoms with E-state index < -0.39 is 18.5 Å². The van der Waals surface area contributed by atoms with E-state index in [9.17, 15) is 13.6 Å². The molecule has 0 bridgehead atoms. The molecule has 8 heteroatoms. The lowest BCUT2D eigenvalue weighted by molar-refractivity contribution is 0.125. The van der Waals surface area contributed by atoms with Gasteiger partial charge in [0.15, 0.2) is 5.76 Å². The molecule has 0 spiro atoms. The summed E-state index contributed by atoms with van der Waals surface area (Å²) in [5.41, 5.74) is 6.51. The number of pyridine rings is 1. The van der Waals surface area contributed by atoms with E-state index in [1.54, 1.807) is 18.2 Å². The number of furan rings is 1. The minimum absolute atomic E-state index is 0.0613. The van der Waals surface area contributed by atoms with Crippen molar-refractivity contribution in [3.8, 4) is 22.6 Å². The van der Waals surface area contributed by atoms with Gasteiger partial charge >= 0.3 is 0 Å². The molecule has 0 fully saturated rings. The van der Waals surface area contributed by atoms with Crippen LogP contribution in [0.3, 0.4) is 0 Å². The molecule has 0 atom stereocenters. The average molecular weight is 318 g/mol. The van der Waals surface area contributed by atoms with Gasteiger partial charge in [0.2, 0.25) is 5.95 Å². The van der Waals surface area contributed by atoms with Gasteiger partial charge in [0, 0.05) is 24.0 Å². The first kappa shape index (κ1) is 14.9. The first-order chi connectivity index (χ1) is 11.0. The highest BCUT2D eigenvalue weighted by Gasteiger charge is 2.14. The van der Waals surface area contributed by atoms with Crippen LogP contribution in [0.2, 0.25) is 0 Å². The van der Waals surface area contributed by atoms with E-state index in [0.29, 0.717) is 22.6 Å². The predicted octanol–water partition coefficient (Wildman–Crippen LogP) is 2.41. The number of halogens is 2. The molecule has 0 saturated carbocycles. The summed E-state index contributed by atoms with van der Waals surface area (Å²) in [4.78, 5) is 20.0. The quantitative estimate of drug-likeness (QED) is 0.798. The third-order valence-corrected chi connectivity index (χ3v) is 3.20. The highest BCUT2D eigenvalue weighted by Crippen LogP contribution is 2.29. The fourth-order valence-corrected chi connectivity index (χ4v) is 2.18. The van der Waals surface area contributed by atoms with Gasteiger partial charge in [-0.05, 0) is 23.8 Å².